The van der Waals surface area contributed by atoms with Crippen LogP contribution in [0.5, 0.6) is 17.2 Å². The van der Waals surface area contributed by atoms with Gasteiger partial charge in [-0.1, -0.05) is 19.1 Å². The van der Waals surface area contributed by atoms with Crippen molar-refractivity contribution in [2.24, 2.45) is 17.1 Å². The van der Waals surface area contributed by atoms with Crippen LogP contribution in [-0.4, -0.2) is 136 Å². The number of aliphatic hydroxyl groups excluding tert-OH is 2. The summed E-state index contributed by atoms with van der Waals surface area (Å²) in [6.45, 7) is 5.67. The molecule has 2 fully saturated rings. The number of carbonyl (C=O) groups excluding carboxylic acids is 7. The van der Waals surface area contributed by atoms with Gasteiger partial charge in [0, 0.05) is 91.3 Å². The van der Waals surface area contributed by atoms with E-state index in [1.165, 1.54) is 45.6 Å². The molecule has 372 valence electrons. The van der Waals surface area contributed by atoms with Gasteiger partial charge in [-0.25, -0.2) is 4.79 Å². The molecule has 10 rings (SSSR count). The monoisotopic (exact) mass is 971 g/mol. The fourth-order valence-corrected chi connectivity index (χ4v) is 12.0. The van der Waals surface area contributed by atoms with E-state index in [-0.39, 0.29) is 76.3 Å². The molecular formula is C50H53NO19. The van der Waals surface area contributed by atoms with E-state index in [4.69, 9.17) is 38.6 Å². The molecule has 1 aromatic heterocycles. The molecule has 20 nitrogen and oxygen atoms in total. The van der Waals surface area contributed by atoms with Crippen molar-refractivity contribution in [2.45, 2.75) is 120 Å². The summed E-state index contributed by atoms with van der Waals surface area (Å²) in [5.41, 5.74) is 2.30. The number of methoxy groups -OCH3 is 2. The maximum absolute atomic E-state index is 13.7. The number of rotatable bonds is 8. The van der Waals surface area contributed by atoms with Crippen LogP contribution < -0.4 is 10.5 Å². The van der Waals surface area contributed by atoms with Crippen molar-refractivity contribution in [2.75, 3.05) is 27.4 Å². The molecule has 7 N–H and O–H groups in total. The van der Waals surface area contributed by atoms with E-state index in [0.717, 1.165) is 0 Å². The number of Topliss-reactive ketones (excluding diaryl/α,β-unsaturated/α-hetero) is 3. The second kappa shape index (κ2) is 17.3. The Hall–Kier alpha value is -6.13. The largest absolute Gasteiger partial charge is 0.507 e. The van der Waals surface area contributed by atoms with E-state index >= 15 is 0 Å². The number of ketones is 5. The summed E-state index contributed by atoms with van der Waals surface area (Å²) in [6, 6.07) is 3.64. The molecule has 2 aromatic carbocycles. The molecule has 0 spiro atoms. The van der Waals surface area contributed by atoms with Gasteiger partial charge in [0.25, 0.3) is 0 Å². The van der Waals surface area contributed by atoms with E-state index in [1.54, 1.807) is 6.92 Å². The lowest BCUT2D eigenvalue weighted by atomic mass is 9.54. The number of allylic oxidation sites excluding steroid dienone is 1. The smallest absolute Gasteiger partial charge is 0.342 e. The van der Waals surface area contributed by atoms with E-state index < -0.39 is 131 Å². The summed E-state index contributed by atoms with van der Waals surface area (Å²) < 4.78 is 39.4. The van der Waals surface area contributed by atoms with Gasteiger partial charge in [0.2, 0.25) is 11.6 Å². The Morgan fingerprint density at radius 3 is 2.31 bits per heavy atom. The molecule has 2 aliphatic heterocycles. The van der Waals surface area contributed by atoms with Gasteiger partial charge in [-0.3, -0.25) is 28.8 Å². The molecule has 0 radical (unpaired) electrons. The SMILES string of the molecule is COC[C@H]1OC(=O)c2coc3c2[C@@]1(C)C1=C(C3=O)[C@@H]2CCC(=O)[C@@]2(C)C[C@H]1OC(C)=O.COc1cccc2c1C(=O)c1c(O)c3c(c(O)c1C2=O)C[C@@](O)(C(=O)CO)C[C@@H]3O[C@H]1C[C@H](N)[C@H](O)[C@H](C)O1. The molecule has 1 saturated heterocycles. The van der Waals surface area contributed by atoms with Crippen LogP contribution >= 0.6 is 0 Å². The Morgan fingerprint density at radius 1 is 0.943 bits per heavy atom. The minimum absolute atomic E-state index is 0.0173. The van der Waals surface area contributed by atoms with Crippen LogP contribution in [0.3, 0.4) is 0 Å². The van der Waals surface area contributed by atoms with Gasteiger partial charge in [0.15, 0.2) is 23.6 Å². The molecule has 70 heavy (non-hydrogen) atoms. The van der Waals surface area contributed by atoms with Crippen molar-refractivity contribution in [3.8, 4) is 17.2 Å². The molecule has 0 unspecified atom stereocenters. The molecule has 0 amide bonds. The van der Waals surface area contributed by atoms with Crippen LogP contribution in [0, 0.1) is 11.3 Å². The van der Waals surface area contributed by atoms with Crippen LogP contribution in [0.1, 0.15) is 135 Å². The lowest BCUT2D eigenvalue weighted by Crippen LogP contribution is -2.57. The summed E-state index contributed by atoms with van der Waals surface area (Å²) in [7, 11) is 2.83. The molecule has 7 aliphatic rings. The first-order chi connectivity index (χ1) is 33.1. The molecule has 0 bridgehead atoms. The minimum atomic E-state index is -2.24. The van der Waals surface area contributed by atoms with E-state index in [9.17, 15) is 59.1 Å². The number of fused-ring (bicyclic) bond motifs is 6. The minimum Gasteiger partial charge on any atom is -0.507 e. The number of benzene rings is 2. The highest BCUT2D eigenvalue weighted by molar-refractivity contribution is 6.31. The average molecular weight is 972 g/mol. The number of hydrogen-bond donors (Lipinski definition) is 6. The van der Waals surface area contributed by atoms with Crippen molar-refractivity contribution >= 4 is 40.9 Å². The number of esters is 2. The van der Waals surface area contributed by atoms with Crippen molar-refractivity contribution < 1.29 is 91.9 Å². The highest BCUT2D eigenvalue weighted by Gasteiger charge is 2.64. The molecule has 3 heterocycles. The van der Waals surface area contributed by atoms with E-state index in [1.807, 2.05) is 13.8 Å². The Labute approximate surface area is 399 Å². The van der Waals surface area contributed by atoms with Crippen LogP contribution in [-0.2, 0) is 49.9 Å². The summed E-state index contributed by atoms with van der Waals surface area (Å²) in [6.07, 6.45) is -4.22. The summed E-state index contributed by atoms with van der Waals surface area (Å²) in [4.78, 5) is 91.0. The number of phenols is 2. The number of aromatic hydroxyl groups is 2. The van der Waals surface area contributed by atoms with Crippen LogP contribution in [0.2, 0.25) is 0 Å². The first-order valence-electron chi connectivity index (χ1n) is 22.9. The lowest BCUT2D eigenvalue weighted by Gasteiger charge is -2.51. The first kappa shape index (κ1) is 48.9. The Morgan fingerprint density at radius 2 is 1.66 bits per heavy atom. The van der Waals surface area contributed by atoms with Gasteiger partial charge >= 0.3 is 11.9 Å². The van der Waals surface area contributed by atoms with Crippen LogP contribution in [0.4, 0.5) is 0 Å². The predicted octanol–water partition coefficient (Wildman–Crippen LogP) is 2.54. The molecule has 1 saturated carbocycles. The third kappa shape index (κ3) is 7.09. The summed E-state index contributed by atoms with van der Waals surface area (Å²) in [5, 5.41) is 53.7. The highest BCUT2D eigenvalue weighted by Crippen LogP contribution is 2.61. The maximum Gasteiger partial charge on any atom is 0.342 e. The van der Waals surface area contributed by atoms with Gasteiger partial charge in [0.05, 0.1) is 54.1 Å². The molecule has 3 aromatic rings. The number of phenolic OH excluding ortho intramolecular Hbond substituents is 2. The third-order valence-corrected chi connectivity index (χ3v) is 15.5. The van der Waals surface area contributed by atoms with Gasteiger partial charge in [0.1, 0.15) is 59.3 Å². The number of aliphatic hydroxyl groups is 3. The van der Waals surface area contributed by atoms with Gasteiger partial charge < -0.3 is 64.1 Å². The molecule has 5 aliphatic carbocycles. The second-order valence-corrected chi connectivity index (χ2v) is 19.5. The van der Waals surface area contributed by atoms with E-state index in [0.29, 0.717) is 29.6 Å². The maximum atomic E-state index is 13.7. The number of ether oxygens (including phenoxy) is 6. The summed E-state index contributed by atoms with van der Waals surface area (Å²) >= 11 is 0. The average Bonchev–Trinajstić information content (AvgIpc) is 3.90. The topological polar surface area (TPSA) is 315 Å². The first-order valence-corrected chi connectivity index (χ1v) is 22.9. The molecule has 20 heteroatoms. The fraction of sp³-hybridized carbons (Fsp3) is 0.500. The third-order valence-electron chi connectivity index (χ3n) is 15.5. The normalized spacial score (nSPS) is 32.6. The zero-order valence-electron chi connectivity index (χ0n) is 39.1. The van der Waals surface area contributed by atoms with Gasteiger partial charge in [-0.15, -0.1) is 0 Å². The Kier molecular flexibility index (Phi) is 12.1. The zero-order valence-corrected chi connectivity index (χ0v) is 39.1. The fourth-order valence-electron chi connectivity index (χ4n) is 12.0. The number of carbonyl (C=O) groups is 7. The zero-order chi connectivity index (χ0) is 50.7. The van der Waals surface area contributed by atoms with E-state index in [2.05, 4.69) is 0 Å². The van der Waals surface area contributed by atoms with Crippen molar-refractivity contribution in [3.05, 3.63) is 85.9 Å². The number of nitrogens with two attached hydrogens (primary N) is 1. The van der Waals surface area contributed by atoms with Crippen LogP contribution in [0.25, 0.3) is 0 Å². The van der Waals surface area contributed by atoms with Gasteiger partial charge in [-0.05, 0) is 31.9 Å². The Balaban J connectivity index is 0.000000178. The van der Waals surface area contributed by atoms with Crippen molar-refractivity contribution in [1.82, 2.24) is 0 Å². The second-order valence-electron chi connectivity index (χ2n) is 19.5. The van der Waals surface area contributed by atoms with Gasteiger partial charge in [-0.2, -0.15) is 0 Å². The quantitative estimate of drug-likeness (QED) is 0.109. The van der Waals surface area contributed by atoms with Crippen LogP contribution in [0.15, 0.2) is 40.0 Å². The number of furan rings is 1. The predicted molar refractivity (Wildman–Crippen MR) is 236 cm³/mol. The summed E-state index contributed by atoms with van der Waals surface area (Å²) in [5.74, 6) is -5.36. The number of cyclic esters (lactones) is 1. The Bertz CT molecular complexity index is 2830. The van der Waals surface area contributed by atoms with Crippen molar-refractivity contribution in [3.63, 3.8) is 0 Å². The molecule has 11 atom stereocenters. The standard InChI is InChI=1S/C27H29NO11.C23H24O8/c1-10-22(31)13(28)6-17(38-10)39-15-8-27(36,16(30)9-29)7-12-19(15)26(35)21-20(24(12)33)23(32)11-4-3-5-14(37-2)18(11)25(21)34;1-10(24)30-13-7-22(2)12(5-6-14(22)25)16-18(13)23(3)15(9-28-4)31-21(27)11-8-29-20(17(11)23)19(16)26/h3-5,10,13,15,17,22,29,31,33,35-36H,6-9,28H2,1-2H3;8,12-13,15H,5-7,9H2,1-4H3/t10-,13-,15-,17-,22+,27-;12-,13+,15+,22-,23-/m00/s1. The molecular weight excluding hydrogens is 919 g/mol. The number of hydrogen-bond acceptors (Lipinski definition) is 20. The van der Waals surface area contributed by atoms with Crippen molar-refractivity contribution in [1.29, 1.82) is 0 Å². The highest BCUT2D eigenvalue weighted by atomic mass is 16.7. The lowest BCUT2D eigenvalue weighted by molar-refractivity contribution is -0.247.